The molecule has 0 spiro atoms. The van der Waals surface area contributed by atoms with Crippen LogP contribution in [0.15, 0.2) is 91.0 Å². The van der Waals surface area contributed by atoms with Gasteiger partial charge in [-0.15, -0.1) is 0 Å². The van der Waals surface area contributed by atoms with Crippen LogP contribution in [-0.4, -0.2) is 38.3 Å². The molecular weight excluding hydrogens is 416 g/mol. The lowest BCUT2D eigenvalue weighted by molar-refractivity contribution is -0.272. The third-order valence-corrected chi connectivity index (χ3v) is 5.73. The van der Waals surface area contributed by atoms with E-state index in [1.807, 2.05) is 54.6 Å². The van der Waals surface area contributed by atoms with Crippen molar-refractivity contribution in [2.24, 2.45) is 0 Å². The third-order valence-electron chi connectivity index (χ3n) is 5.73. The second kappa shape index (κ2) is 12.6. The quantitative estimate of drug-likeness (QED) is 0.407. The Morgan fingerprint density at radius 2 is 1.21 bits per heavy atom. The van der Waals surface area contributed by atoms with Gasteiger partial charge in [0.15, 0.2) is 6.29 Å². The molecule has 0 amide bonds. The first-order valence-electron chi connectivity index (χ1n) is 11.4. The molecule has 3 aromatic carbocycles. The Bertz CT molecular complexity index is 919. The molecule has 1 saturated heterocycles. The van der Waals surface area contributed by atoms with Crippen LogP contribution < -0.4 is 0 Å². The lowest BCUT2D eigenvalue weighted by atomic mass is 10.0. The molecule has 4 rings (SSSR count). The average Bonchev–Trinajstić information content (AvgIpc) is 2.88. The van der Waals surface area contributed by atoms with Gasteiger partial charge < -0.3 is 23.7 Å². The SMILES string of the molecule is COC1C[C@@H](OCc2ccccc2)[C@@H](OCc2ccccc2)[C@@H](COCc2ccccc2)O1. The number of rotatable bonds is 11. The van der Waals surface area contributed by atoms with Crippen molar-refractivity contribution in [3.8, 4) is 0 Å². The molecule has 5 nitrogen and oxygen atoms in total. The Hall–Kier alpha value is -2.54. The number of benzene rings is 3. The van der Waals surface area contributed by atoms with Crippen LogP contribution in [0.4, 0.5) is 0 Å². The topological polar surface area (TPSA) is 46.2 Å². The van der Waals surface area contributed by atoms with E-state index in [9.17, 15) is 0 Å². The van der Waals surface area contributed by atoms with E-state index < -0.39 is 0 Å². The van der Waals surface area contributed by atoms with Crippen LogP contribution in [0, 0.1) is 0 Å². The summed E-state index contributed by atoms with van der Waals surface area (Å²) in [5, 5.41) is 0. The predicted octanol–water partition coefficient (Wildman–Crippen LogP) is 5.14. The zero-order chi connectivity index (χ0) is 22.7. The lowest BCUT2D eigenvalue weighted by Gasteiger charge is -2.41. The third kappa shape index (κ3) is 7.22. The second-order valence-electron chi connectivity index (χ2n) is 8.17. The summed E-state index contributed by atoms with van der Waals surface area (Å²) in [4.78, 5) is 0. The summed E-state index contributed by atoms with van der Waals surface area (Å²) in [6, 6.07) is 30.4. The Labute approximate surface area is 196 Å². The molecule has 0 N–H and O–H groups in total. The minimum atomic E-state index is -0.368. The zero-order valence-corrected chi connectivity index (χ0v) is 19.0. The maximum absolute atomic E-state index is 6.39. The van der Waals surface area contributed by atoms with Crippen molar-refractivity contribution in [2.75, 3.05) is 13.7 Å². The summed E-state index contributed by atoms with van der Waals surface area (Å²) < 4.78 is 30.5. The average molecular weight is 449 g/mol. The molecule has 1 fully saturated rings. The van der Waals surface area contributed by atoms with Crippen molar-refractivity contribution < 1.29 is 23.7 Å². The monoisotopic (exact) mass is 448 g/mol. The Morgan fingerprint density at radius 1 is 0.697 bits per heavy atom. The van der Waals surface area contributed by atoms with Gasteiger partial charge in [0.2, 0.25) is 0 Å². The number of methoxy groups -OCH3 is 1. The van der Waals surface area contributed by atoms with Crippen LogP contribution in [-0.2, 0) is 43.5 Å². The Balaban J connectivity index is 1.44. The summed E-state index contributed by atoms with van der Waals surface area (Å²) in [5.41, 5.74) is 3.35. The molecule has 5 heteroatoms. The molecule has 1 aliphatic rings. The van der Waals surface area contributed by atoms with Crippen molar-refractivity contribution in [2.45, 2.75) is 50.8 Å². The first kappa shape index (κ1) is 23.6. The highest BCUT2D eigenvalue weighted by molar-refractivity contribution is 5.15. The van der Waals surface area contributed by atoms with Crippen molar-refractivity contribution in [1.82, 2.24) is 0 Å². The van der Waals surface area contributed by atoms with Gasteiger partial charge in [0.05, 0.1) is 32.5 Å². The summed E-state index contributed by atoms with van der Waals surface area (Å²) >= 11 is 0. The molecule has 0 radical (unpaired) electrons. The van der Waals surface area contributed by atoms with Crippen LogP contribution in [0.5, 0.6) is 0 Å². The molecule has 0 aromatic heterocycles. The molecule has 174 valence electrons. The summed E-state index contributed by atoms with van der Waals surface area (Å²) in [6.45, 7) is 1.89. The van der Waals surface area contributed by atoms with Gasteiger partial charge in [-0.2, -0.15) is 0 Å². The first-order valence-corrected chi connectivity index (χ1v) is 11.4. The highest BCUT2D eigenvalue weighted by atomic mass is 16.7. The standard InChI is InChI=1S/C28H32O5/c1-29-27-17-25(31-19-23-13-7-3-8-14-23)28(32-20-24-15-9-4-10-16-24)26(33-27)21-30-18-22-11-5-2-6-12-22/h2-16,25-28H,17-21H2,1H3/t25-,26-,27?,28-/m1/s1. The fraction of sp³-hybridized carbons (Fsp3) is 0.357. The molecule has 1 aliphatic heterocycles. The Kier molecular flexibility index (Phi) is 9.04. The fourth-order valence-electron chi connectivity index (χ4n) is 3.97. The molecule has 1 unspecified atom stereocenters. The van der Waals surface area contributed by atoms with Crippen molar-refractivity contribution in [1.29, 1.82) is 0 Å². The lowest BCUT2D eigenvalue weighted by Crippen LogP contribution is -2.52. The van der Waals surface area contributed by atoms with Gasteiger partial charge in [-0.25, -0.2) is 0 Å². The van der Waals surface area contributed by atoms with Crippen LogP contribution in [0.2, 0.25) is 0 Å². The van der Waals surface area contributed by atoms with Gasteiger partial charge in [-0.05, 0) is 16.7 Å². The van der Waals surface area contributed by atoms with Gasteiger partial charge in [0.25, 0.3) is 0 Å². The van der Waals surface area contributed by atoms with E-state index in [-0.39, 0.29) is 24.6 Å². The molecular formula is C28H32O5. The minimum Gasteiger partial charge on any atom is -0.374 e. The van der Waals surface area contributed by atoms with Crippen molar-refractivity contribution >= 4 is 0 Å². The van der Waals surface area contributed by atoms with Gasteiger partial charge in [-0.3, -0.25) is 0 Å². The number of hydrogen-bond acceptors (Lipinski definition) is 5. The van der Waals surface area contributed by atoms with E-state index in [0.29, 0.717) is 32.8 Å². The van der Waals surface area contributed by atoms with Crippen LogP contribution in [0.25, 0.3) is 0 Å². The Morgan fingerprint density at radius 3 is 1.76 bits per heavy atom. The molecule has 1 heterocycles. The van der Waals surface area contributed by atoms with Crippen molar-refractivity contribution in [3.05, 3.63) is 108 Å². The molecule has 0 aliphatic carbocycles. The van der Waals surface area contributed by atoms with E-state index >= 15 is 0 Å². The summed E-state index contributed by atoms with van der Waals surface area (Å²) in [5.74, 6) is 0. The largest absolute Gasteiger partial charge is 0.374 e. The normalized spacial score (nSPS) is 22.8. The van der Waals surface area contributed by atoms with E-state index in [4.69, 9.17) is 23.7 Å². The maximum atomic E-state index is 6.39. The molecule has 0 bridgehead atoms. The van der Waals surface area contributed by atoms with Crippen LogP contribution >= 0.6 is 0 Å². The summed E-state index contributed by atoms with van der Waals surface area (Å²) in [6.07, 6.45) is -0.545. The maximum Gasteiger partial charge on any atom is 0.160 e. The van der Waals surface area contributed by atoms with Gasteiger partial charge in [0.1, 0.15) is 12.2 Å². The minimum absolute atomic E-state index is 0.182. The predicted molar refractivity (Wildman–Crippen MR) is 126 cm³/mol. The van der Waals surface area contributed by atoms with E-state index in [0.717, 1.165) is 16.7 Å². The van der Waals surface area contributed by atoms with E-state index in [1.54, 1.807) is 7.11 Å². The highest BCUT2D eigenvalue weighted by Gasteiger charge is 2.40. The van der Waals surface area contributed by atoms with Crippen molar-refractivity contribution in [3.63, 3.8) is 0 Å². The molecule has 33 heavy (non-hydrogen) atoms. The molecule has 3 aromatic rings. The molecule has 0 saturated carbocycles. The van der Waals surface area contributed by atoms with Gasteiger partial charge in [-0.1, -0.05) is 91.0 Å². The van der Waals surface area contributed by atoms with Gasteiger partial charge >= 0.3 is 0 Å². The fourth-order valence-corrected chi connectivity index (χ4v) is 3.97. The molecule has 4 atom stereocenters. The first-order chi connectivity index (χ1) is 16.3. The zero-order valence-electron chi connectivity index (χ0n) is 19.0. The van der Waals surface area contributed by atoms with Crippen LogP contribution in [0.3, 0.4) is 0 Å². The number of hydrogen-bond donors (Lipinski definition) is 0. The highest BCUT2D eigenvalue weighted by Crippen LogP contribution is 2.28. The number of ether oxygens (including phenoxy) is 5. The second-order valence-corrected chi connectivity index (χ2v) is 8.17. The summed E-state index contributed by atoms with van der Waals surface area (Å²) in [7, 11) is 1.66. The smallest absolute Gasteiger partial charge is 0.160 e. The van der Waals surface area contributed by atoms with E-state index in [1.165, 1.54) is 0 Å². The van der Waals surface area contributed by atoms with Gasteiger partial charge in [0, 0.05) is 13.5 Å². The van der Waals surface area contributed by atoms with E-state index in [2.05, 4.69) is 36.4 Å². The van der Waals surface area contributed by atoms with Crippen LogP contribution in [0.1, 0.15) is 23.1 Å².